The van der Waals surface area contributed by atoms with Crippen molar-refractivity contribution < 1.29 is 5.11 Å². The van der Waals surface area contributed by atoms with Crippen LogP contribution in [0, 0.1) is 17.3 Å². The Kier molecular flexibility index (Phi) is 7.80. The van der Waals surface area contributed by atoms with Gasteiger partial charge in [0.2, 0.25) is 0 Å². The molecule has 0 aliphatic heterocycles. The molecular formula is C25H40O. The summed E-state index contributed by atoms with van der Waals surface area (Å²) in [6.07, 6.45) is 13.6. The Morgan fingerprint density at radius 1 is 0.962 bits per heavy atom. The highest BCUT2D eigenvalue weighted by molar-refractivity contribution is 5.33. The molecule has 1 heteroatoms. The van der Waals surface area contributed by atoms with Crippen LogP contribution in [0.2, 0.25) is 0 Å². The van der Waals surface area contributed by atoms with Gasteiger partial charge in [-0.25, -0.2) is 0 Å². The summed E-state index contributed by atoms with van der Waals surface area (Å²) in [5, 5.41) is 9.65. The molecule has 1 fully saturated rings. The van der Waals surface area contributed by atoms with Crippen LogP contribution >= 0.6 is 0 Å². The number of phenolic OH excluding ortho intramolecular Hbond substituents is 1. The molecule has 1 unspecified atom stereocenters. The van der Waals surface area contributed by atoms with Gasteiger partial charge in [0, 0.05) is 0 Å². The first kappa shape index (κ1) is 21.1. The number of unbranched alkanes of at least 4 members (excludes halogenated alkanes) is 3. The minimum absolute atomic E-state index is 0.431. The summed E-state index contributed by atoms with van der Waals surface area (Å²) in [5.41, 5.74) is 4.86. The fraction of sp³-hybridized carbons (Fsp3) is 0.680. The average molecular weight is 357 g/mol. The standard InChI is InChI=1S/C15H24O.C10H16/c1-3-5-7-9-14-10-13(8-6-4-2)11-15(16)12-14;1-7-4-5-8-6-9(7)10(8,2)3/h10-12,16H,3-9H2,1-2H3;4,8-9H,5-6H2,1-3H3/t;8?,9-/m.0/s1. The van der Waals surface area contributed by atoms with Gasteiger partial charge in [-0.15, -0.1) is 0 Å². The summed E-state index contributed by atoms with van der Waals surface area (Å²) in [5.74, 6) is 2.35. The number of rotatable bonds is 7. The third-order valence-corrected chi connectivity index (χ3v) is 6.67. The molecule has 0 saturated heterocycles. The quantitative estimate of drug-likeness (QED) is 0.397. The highest BCUT2D eigenvalue weighted by atomic mass is 16.3. The van der Waals surface area contributed by atoms with Crippen LogP contribution in [0.4, 0.5) is 0 Å². The fourth-order valence-electron chi connectivity index (χ4n) is 4.65. The Balaban J connectivity index is 0.000000206. The summed E-state index contributed by atoms with van der Waals surface area (Å²) >= 11 is 0. The van der Waals surface area contributed by atoms with Gasteiger partial charge < -0.3 is 5.11 Å². The van der Waals surface area contributed by atoms with Gasteiger partial charge in [0.15, 0.2) is 0 Å². The van der Waals surface area contributed by atoms with Gasteiger partial charge in [0.1, 0.15) is 5.75 Å². The number of allylic oxidation sites excluding steroid dienone is 2. The molecule has 1 aromatic rings. The van der Waals surface area contributed by atoms with Crippen LogP contribution < -0.4 is 0 Å². The number of fused-ring (bicyclic) bond motifs is 1. The molecule has 0 heterocycles. The maximum atomic E-state index is 9.65. The lowest BCUT2D eigenvalue weighted by Gasteiger charge is -2.56. The molecule has 0 radical (unpaired) electrons. The van der Waals surface area contributed by atoms with Gasteiger partial charge in [-0.1, -0.05) is 64.7 Å². The predicted octanol–water partition coefficient (Wildman–Crippen LogP) is 7.47. The van der Waals surface area contributed by atoms with Crippen molar-refractivity contribution >= 4 is 0 Å². The molecule has 0 amide bonds. The Bertz CT molecular complexity index is 596. The zero-order chi connectivity index (χ0) is 19.2. The average Bonchev–Trinajstić information content (AvgIpc) is 2.60. The smallest absolute Gasteiger partial charge is 0.116 e. The zero-order valence-electron chi connectivity index (χ0n) is 17.8. The molecule has 1 nitrogen and oxygen atoms in total. The second-order valence-corrected chi connectivity index (χ2v) is 9.06. The van der Waals surface area contributed by atoms with Gasteiger partial charge in [-0.3, -0.25) is 0 Å². The van der Waals surface area contributed by atoms with Gasteiger partial charge >= 0.3 is 0 Å². The van der Waals surface area contributed by atoms with E-state index in [9.17, 15) is 5.11 Å². The van der Waals surface area contributed by atoms with E-state index in [-0.39, 0.29) is 0 Å². The van der Waals surface area contributed by atoms with Crippen molar-refractivity contribution in [3.63, 3.8) is 0 Å². The molecule has 4 rings (SSSR count). The van der Waals surface area contributed by atoms with Crippen LogP contribution in [0.25, 0.3) is 0 Å². The van der Waals surface area contributed by atoms with E-state index in [4.69, 9.17) is 0 Å². The molecule has 0 spiro atoms. The molecule has 26 heavy (non-hydrogen) atoms. The number of phenols is 1. The third kappa shape index (κ3) is 5.38. The highest BCUT2D eigenvalue weighted by Gasteiger charge is 2.49. The van der Waals surface area contributed by atoms with Gasteiger partial charge in [-0.05, 0) is 86.0 Å². The lowest BCUT2D eigenvalue weighted by Crippen LogP contribution is -2.47. The fourth-order valence-corrected chi connectivity index (χ4v) is 4.65. The van der Waals surface area contributed by atoms with E-state index in [1.54, 1.807) is 5.57 Å². The van der Waals surface area contributed by atoms with Crippen LogP contribution in [-0.4, -0.2) is 5.11 Å². The number of benzene rings is 1. The van der Waals surface area contributed by atoms with Crippen molar-refractivity contribution in [2.24, 2.45) is 17.3 Å². The molecule has 1 saturated carbocycles. The lowest BCUT2D eigenvalue weighted by molar-refractivity contribution is -0.00579. The van der Waals surface area contributed by atoms with E-state index in [1.807, 2.05) is 12.1 Å². The van der Waals surface area contributed by atoms with E-state index < -0.39 is 0 Å². The lowest BCUT2D eigenvalue weighted by atomic mass is 9.49. The van der Waals surface area contributed by atoms with Crippen molar-refractivity contribution in [2.45, 2.75) is 92.4 Å². The Hall–Kier alpha value is -1.24. The second kappa shape index (κ2) is 9.62. The third-order valence-electron chi connectivity index (χ3n) is 6.67. The number of hydrogen-bond acceptors (Lipinski definition) is 1. The SMILES string of the molecule is CC1=CCC2C[C@@H]1C2(C)C.CCCCCc1cc(O)cc(CCCC)c1. The number of aromatic hydroxyl groups is 1. The van der Waals surface area contributed by atoms with Crippen molar-refractivity contribution in [1.29, 1.82) is 0 Å². The summed E-state index contributed by atoms with van der Waals surface area (Å²) in [6.45, 7) is 11.5. The maximum absolute atomic E-state index is 9.65. The predicted molar refractivity (Wildman–Crippen MR) is 114 cm³/mol. The van der Waals surface area contributed by atoms with Crippen LogP contribution in [0.1, 0.15) is 90.7 Å². The van der Waals surface area contributed by atoms with Gasteiger partial charge in [0.05, 0.1) is 0 Å². The Labute approximate surface area is 161 Å². The van der Waals surface area contributed by atoms with E-state index in [2.05, 4.69) is 46.8 Å². The number of hydrogen-bond donors (Lipinski definition) is 1. The Morgan fingerprint density at radius 3 is 2.04 bits per heavy atom. The van der Waals surface area contributed by atoms with Gasteiger partial charge in [-0.2, -0.15) is 0 Å². The van der Waals surface area contributed by atoms with Crippen LogP contribution in [0.3, 0.4) is 0 Å². The largest absolute Gasteiger partial charge is 0.508 e. The monoisotopic (exact) mass is 356 g/mol. The van der Waals surface area contributed by atoms with Crippen LogP contribution in [0.5, 0.6) is 5.75 Å². The summed E-state index contributed by atoms with van der Waals surface area (Å²) in [7, 11) is 0. The first-order valence-electron chi connectivity index (χ1n) is 10.9. The van der Waals surface area contributed by atoms with Crippen molar-refractivity contribution in [3.8, 4) is 5.75 Å². The molecule has 1 aromatic carbocycles. The molecule has 146 valence electrons. The van der Waals surface area contributed by atoms with Gasteiger partial charge in [0.25, 0.3) is 0 Å². The van der Waals surface area contributed by atoms with E-state index in [0.717, 1.165) is 24.7 Å². The maximum Gasteiger partial charge on any atom is 0.116 e. The first-order valence-corrected chi connectivity index (χ1v) is 10.9. The molecule has 3 aliphatic rings. The van der Waals surface area contributed by atoms with Crippen LogP contribution in [0.15, 0.2) is 29.8 Å². The minimum atomic E-state index is 0.431. The minimum Gasteiger partial charge on any atom is -0.508 e. The molecular weight excluding hydrogens is 316 g/mol. The van der Waals surface area contributed by atoms with Crippen molar-refractivity contribution in [2.75, 3.05) is 0 Å². The molecule has 0 aromatic heterocycles. The van der Waals surface area contributed by atoms with Crippen molar-refractivity contribution in [1.82, 2.24) is 0 Å². The summed E-state index contributed by atoms with van der Waals surface area (Å²) in [6, 6.07) is 6.06. The normalized spacial score (nSPS) is 22.7. The Morgan fingerprint density at radius 2 is 1.58 bits per heavy atom. The topological polar surface area (TPSA) is 20.2 Å². The van der Waals surface area contributed by atoms with Crippen molar-refractivity contribution in [3.05, 3.63) is 41.0 Å². The summed E-state index contributed by atoms with van der Waals surface area (Å²) < 4.78 is 0. The summed E-state index contributed by atoms with van der Waals surface area (Å²) in [4.78, 5) is 0. The van der Waals surface area contributed by atoms with E-state index in [1.165, 1.54) is 56.1 Å². The molecule has 2 atom stereocenters. The molecule has 3 aliphatic carbocycles. The molecule has 2 bridgehead atoms. The highest BCUT2D eigenvalue weighted by Crippen LogP contribution is 2.58. The zero-order valence-corrected chi connectivity index (χ0v) is 17.8. The first-order chi connectivity index (χ1) is 12.4. The molecule has 1 N–H and O–H groups in total. The van der Waals surface area contributed by atoms with Crippen LogP contribution in [-0.2, 0) is 12.8 Å². The van der Waals surface area contributed by atoms with E-state index in [0.29, 0.717) is 11.2 Å². The second-order valence-electron chi connectivity index (χ2n) is 9.06. The number of aryl methyl sites for hydroxylation is 2. The van der Waals surface area contributed by atoms with E-state index >= 15 is 0 Å².